The largest absolute Gasteiger partial charge is 0.480 e. The average molecular weight is 480 g/mol. The van der Waals surface area contributed by atoms with Gasteiger partial charge in [0.05, 0.1) is 28.0 Å². The molecule has 5 nitrogen and oxygen atoms in total. The minimum absolute atomic E-state index is 0.554. The number of hydrogen-bond donors (Lipinski definition) is 1. The molecule has 0 aliphatic carbocycles. The molecule has 0 atom stereocenters. The maximum Gasteiger partial charge on any atom is 0.319 e. The van der Waals surface area contributed by atoms with E-state index in [1.165, 1.54) is 48.8 Å². The number of carboxylic acid groups (broad SMARTS) is 1. The van der Waals surface area contributed by atoms with Gasteiger partial charge in [-0.3, -0.25) is 4.79 Å². The van der Waals surface area contributed by atoms with Gasteiger partial charge in [-0.25, -0.2) is 4.98 Å². The predicted molar refractivity (Wildman–Crippen MR) is 131 cm³/mol. The maximum absolute atomic E-state index is 11.4. The van der Waals surface area contributed by atoms with Crippen LogP contribution in [-0.4, -0.2) is 33.9 Å². The van der Waals surface area contributed by atoms with Crippen molar-refractivity contribution >= 4 is 46.4 Å². The molecule has 1 N–H and O–H groups in total. The summed E-state index contributed by atoms with van der Waals surface area (Å²) in [6.07, 6.45) is 6.71. The second-order valence-electron chi connectivity index (χ2n) is 7.95. The van der Waals surface area contributed by atoms with Crippen molar-refractivity contribution in [2.75, 3.05) is 18.0 Å². The summed E-state index contributed by atoms with van der Waals surface area (Å²) in [6.45, 7) is 7.24. The molecule has 1 aromatic heterocycles. The molecule has 31 heavy (non-hydrogen) atoms. The number of thioether (sulfide) groups is 1. The summed E-state index contributed by atoms with van der Waals surface area (Å²) in [4.78, 5) is 18.3. The molecule has 0 bridgehead atoms. The molecule has 0 radical (unpaired) electrons. The van der Waals surface area contributed by atoms with Crippen molar-refractivity contribution in [1.82, 2.24) is 4.98 Å². The normalized spacial score (nSPS) is 11.3. The van der Waals surface area contributed by atoms with Gasteiger partial charge in [-0.2, -0.15) is 5.26 Å². The zero-order valence-corrected chi connectivity index (χ0v) is 20.7. The summed E-state index contributed by atoms with van der Waals surface area (Å²) < 4.78 is -0.139. The van der Waals surface area contributed by atoms with Crippen LogP contribution >= 0.6 is 34.7 Å². The number of benzene rings is 1. The summed E-state index contributed by atoms with van der Waals surface area (Å²) in [5.74, 6) is -0.848. The lowest BCUT2D eigenvalue weighted by Gasteiger charge is -2.26. The number of carbonyl (C=O) groups is 1. The third kappa shape index (κ3) is 8.03. The van der Waals surface area contributed by atoms with Crippen LogP contribution in [0.4, 0.5) is 5.69 Å². The van der Waals surface area contributed by atoms with Gasteiger partial charge in [-0.15, -0.1) is 11.3 Å². The number of anilines is 1. The van der Waals surface area contributed by atoms with Crippen molar-refractivity contribution in [3.05, 3.63) is 39.9 Å². The van der Waals surface area contributed by atoms with Crippen LogP contribution in [0.5, 0.6) is 0 Å². The fraction of sp³-hybridized carbons (Fsp3) is 0.522. The molecule has 2 rings (SSSR count). The topological polar surface area (TPSA) is 77.2 Å². The van der Waals surface area contributed by atoms with Gasteiger partial charge in [0, 0.05) is 24.9 Å². The number of thiazole rings is 1. The predicted octanol–water partition coefficient (Wildman–Crippen LogP) is 6.64. The number of hydrogen-bond acceptors (Lipinski definition) is 6. The first-order valence-corrected chi connectivity index (χ1v) is 12.7. The van der Waals surface area contributed by atoms with Crippen LogP contribution in [0.25, 0.3) is 0 Å². The molecule has 0 fully saturated rings. The summed E-state index contributed by atoms with van der Waals surface area (Å²) in [5, 5.41) is 21.0. The van der Waals surface area contributed by atoms with E-state index in [1.807, 2.05) is 11.4 Å². The lowest BCUT2D eigenvalue weighted by Crippen LogP contribution is -2.27. The Morgan fingerprint density at radius 1 is 1.29 bits per heavy atom. The van der Waals surface area contributed by atoms with Gasteiger partial charge >= 0.3 is 5.97 Å². The molecule has 0 spiro atoms. The first-order valence-electron chi connectivity index (χ1n) is 10.6. The Labute approximate surface area is 198 Å². The highest BCUT2D eigenvalue weighted by Crippen LogP contribution is 2.35. The third-order valence-corrected chi connectivity index (χ3v) is 7.45. The molecular weight excluding hydrogens is 450 g/mol. The number of halogens is 1. The van der Waals surface area contributed by atoms with Crippen molar-refractivity contribution in [2.45, 2.75) is 68.4 Å². The van der Waals surface area contributed by atoms with E-state index in [-0.39, 0.29) is 0 Å². The number of aliphatic carboxylic acids is 1. The van der Waals surface area contributed by atoms with E-state index in [1.54, 1.807) is 26.0 Å². The Bertz CT molecular complexity index is 908. The fourth-order valence-electron chi connectivity index (χ4n) is 3.05. The van der Waals surface area contributed by atoms with E-state index in [2.05, 4.69) is 22.9 Å². The van der Waals surface area contributed by atoms with E-state index in [9.17, 15) is 9.90 Å². The monoisotopic (exact) mass is 479 g/mol. The van der Waals surface area contributed by atoms with Gasteiger partial charge in [0.1, 0.15) is 4.75 Å². The Morgan fingerprint density at radius 3 is 2.68 bits per heavy atom. The number of nitriles is 1. The summed E-state index contributed by atoms with van der Waals surface area (Å²) >= 11 is 9.25. The van der Waals surface area contributed by atoms with Crippen LogP contribution in [0.1, 0.15) is 64.1 Å². The SMILES string of the molecule is CCCCCCCN(CCc1csc(SC(C)(C)C(=O)O)n1)c1ccc(C#N)cc1Cl. The van der Waals surface area contributed by atoms with Crippen molar-refractivity contribution in [3.8, 4) is 6.07 Å². The third-order valence-electron chi connectivity index (χ3n) is 4.98. The van der Waals surface area contributed by atoms with Crippen LogP contribution in [-0.2, 0) is 11.2 Å². The van der Waals surface area contributed by atoms with Gasteiger partial charge < -0.3 is 10.0 Å². The molecule has 0 saturated heterocycles. The van der Waals surface area contributed by atoms with Crippen LogP contribution < -0.4 is 4.90 Å². The van der Waals surface area contributed by atoms with Crippen LogP contribution in [0.3, 0.4) is 0 Å². The Morgan fingerprint density at radius 2 is 2.03 bits per heavy atom. The van der Waals surface area contributed by atoms with Gasteiger partial charge in [-0.1, -0.05) is 56.0 Å². The minimum atomic E-state index is -0.907. The number of aromatic nitrogens is 1. The Kier molecular flexibility index (Phi) is 10.1. The molecule has 0 amide bonds. The van der Waals surface area contributed by atoms with E-state index < -0.39 is 10.7 Å². The number of carboxylic acids is 1. The zero-order chi connectivity index (χ0) is 22.9. The van der Waals surface area contributed by atoms with Crippen molar-refractivity contribution in [3.63, 3.8) is 0 Å². The fourth-order valence-corrected chi connectivity index (χ4v) is 5.58. The van der Waals surface area contributed by atoms with E-state index >= 15 is 0 Å². The molecule has 0 saturated carbocycles. The van der Waals surface area contributed by atoms with E-state index in [0.29, 0.717) is 10.6 Å². The van der Waals surface area contributed by atoms with Gasteiger partial charge in [0.15, 0.2) is 4.34 Å². The maximum atomic E-state index is 11.4. The van der Waals surface area contributed by atoms with Crippen molar-refractivity contribution in [1.29, 1.82) is 5.26 Å². The molecule has 8 heteroatoms. The molecule has 0 aliphatic heterocycles. The molecule has 2 aromatic rings. The molecule has 168 valence electrons. The molecule has 1 aromatic carbocycles. The minimum Gasteiger partial charge on any atom is -0.480 e. The van der Waals surface area contributed by atoms with Crippen LogP contribution in [0.2, 0.25) is 5.02 Å². The van der Waals surface area contributed by atoms with E-state index in [4.69, 9.17) is 16.9 Å². The summed E-state index contributed by atoms with van der Waals surface area (Å²) in [5.41, 5.74) is 2.45. The summed E-state index contributed by atoms with van der Waals surface area (Å²) in [7, 11) is 0. The van der Waals surface area contributed by atoms with Crippen LogP contribution in [0.15, 0.2) is 27.9 Å². The first-order chi connectivity index (χ1) is 14.8. The molecule has 0 unspecified atom stereocenters. The second kappa shape index (κ2) is 12.3. The van der Waals surface area contributed by atoms with E-state index in [0.717, 1.165) is 41.7 Å². The Hall–Kier alpha value is -1.75. The highest BCUT2D eigenvalue weighted by atomic mass is 35.5. The standard InChI is InChI=1S/C23H30ClN3O2S2/c1-4-5-6-7-8-12-27(20-10-9-17(15-25)14-19(20)24)13-11-18-16-30-22(26-18)31-23(2,3)21(28)29/h9-10,14,16H,4-8,11-13H2,1-3H3,(H,28,29). The highest BCUT2D eigenvalue weighted by Gasteiger charge is 2.29. The van der Waals surface area contributed by atoms with Gasteiger partial charge in [0.25, 0.3) is 0 Å². The van der Waals surface area contributed by atoms with Gasteiger partial charge in [-0.05, 0) is 38.5 Å². The first kappa shape index (κ1) is 25.5. The van der Waals surface area contributed by atoms with Gasteiger partial charge in [0.2, 0.25) is 0 Å². The number of nitrogens with zero attached hydrogens (tertiary/aromatic N) is 3. The Balaban J connectivity index is 2.06. The van der Waals surface area contributed by atoms with Crippen LogP contribution in [0, 0.1) is 11.3 Å². The lowest BCUT2D eigenvalue weighted by atomic mass is 10.1. The number of rotatable bonds is 13. The lowest BCUT2D eigenvalue weighted by molar-refractivity contribution is -0.138. The molecular formula is C23H30ClN3O2S2. The van der Waals surface area contributed by atoms with Crippen molar-refractivity contribution < 1.29 is 9.90 Å². The summed E-state index contributed by atoms with van der Waals surface area (Å²) in [6, 6.07) is 7.57. The second-order valence-corrected chi connectivity index (χ2v) is 11.1. The molecule has 1 heterocycles. The smallest absolute Gasteiger partial charge is 0.319 e. The van der Waals surface area contributed by atoms with Crippen molar-refractivity contribution in [2.24, 2.45) is 0 Å². The highest BCUT2D eigenvalue weighted by molar-refractivity contribution is 8.02. The average Bonchev–Trinajstić information content (AvgIpc) is 3.16. The quantitative estimate of drug-likeness (QED) is 0.256. The zero-order valence-electron chi connectivity index (χ0n) is 18.4. The molecule has 0 aliphatic rings. The number of unbranched alkanes of at least 4 members (excludes halogenated alkanes) is 4.